The van der Waals surface area contributed by atoms with Crippen molar-refractivity contribution in [1.82, 2.24) is 19.9 Å². The van der Waals surface area contributed by atoms with Crippen LogP contribution in [0, 0.1) is 0 Å². The molecule has 4 N–H and O–H groups in total. The number of aliphatic hydroxyl groups excluding tert-OH is 2. The van der Waals surface area contributed by atoms with Crippen molar-refractivity contribution in [3.05, 3.63) is 6.33 Å². The van der Waals surface area contributed by atoms with E-state index in [4.69, 9.17) is 0 Å². The molecule has 0 bridgehead atoms. The summed E-state index contributed by atoms with van der Waals surface area (Å²) in [6.07, 6.45) is 1.03. The lowest BCUT2D eigenvalue weighted by molar-refractivity contribution is 0.0572. The van der Waals surface area contributed by atoms with E-state index in [1.54, 1.807) is 6.33 Å². The topological polar surface area (TPSA) is 110 Å². The van der Waals surface area contributed by atoms with Gasteiger partial charge in [-0.1, -0.05) is 6.92 Å². The molecule has 0 saturated carbocycles. The van der Waals surface area contributed by atoms with Crippen LogP contribution in [-0.2, 0) is 0 Å². The van der Waals surface area contributed by atoms with E-state index in [1.165, 1.54) is 0 Å². The maximum Gasteiger partial charge on any atom is 0.226 e. The second-order valence-electron chi connectivity index (χ2n) is 4.94. The number of β-amino-alcohol motifs (C(OH)–C–C–N with tert-alkyl or cyclic N) is 2. The summed E-state index contributed by atoms with van der Waals surface area (Å²) in [6.45, 7) is 3.54. The van der Waals surface area contributed by atoms with Crippen molar-refractivity contribution in [3.8, 4) is 0 Å². The van der Waals surface area contributed by atoms with E-state index in [0.29, 0.717) is 36.0 Å². The second kappa shape index (κ2) is 5.22. The van der Waals surface area contributed by atoms with Crippen molar-refractivity contribution in [2.45, 2.75) is 25.6 Å². The molecule has 2 unspecified atom stereocenters. The quantitative estimate of drug-likeness (QED) is 0.608. The summed E-state index contributed by atoms with van der Waals surface area (Å²) in [5.41, 5.74) is 1.29. The first-order valence-corrected chi connectivity index (χ1v) is 6.75. The van der Waals surface area contributed by atoms with E-state index < -0.39 is 12.2 Å². The Morgan fingerprint density at radius 1 is 1.35 bits per heavy atom. The van der Waals surface area contributed by atoms with Gasteiger partial charge in [0.15, 0.2) is 11.5 Å². The SMILES string of the molecule is CCCNc1nc(N2CC(O)C(O)C2)c2[nH]cnc2n1. The smallest absolute Gasteiger partial charge is 0.226 e. The number of H-pyrrole nitrogens is 1. The maximum atomic E-state index is 9.69. The molecule has 0 amide bonds. The lowest BCUT2D eigenvalue weighted by Crippen LogP contribution is -2.23. The Kier molecular flexibility index (Phi) is 3.41. The molecular weight excluding hydrogens is 260 g/mol. The number of aromatic nitrogens is 4. The van der Waals surface area contributed by atoms with Crippen LogP contribution in [0.4, 0.5) is 11.8 Å². The predicted octanol–water partition coefficient (Wildman–Crippen LogP) is -0.283. The van der Waals surface area contributed by atoms with E-state index >= 15 is 0 Å². The van der Waals surface area contributed by atoms with Crippen LogP contribution in [-0.4, -0.2) is 62.0 Å². The molecule has 2 aromatic rings. The van der Waals surface area contributed by atoms with Gasteiger partial charge in [0.25, 0.3) is 0 Å². The van der Waals surface area contributed by atoms with Crippen LogP contribution in [0.5, 0.6) is 0 Å². The van der Waals surface area contributed by atoms with Crippen LogP contribution in [0.3, 0.4) is 0 Å². The molecule has 3 rings (SSSR count). The summed E-state index contributed by atoms with van der Waals surface area (Å²) in [5, 5.41) is 22.5. The van der Waals surface area contributed by atoms with Gasteiger partial charge in [-0.05, 0) is 6.42 Å². The number of nitrogens with one attached hydrogen (secondary N) is 2. The van der Waals surface area contributed by atoms with Gasteiger partial charge in [-0.25, -0.2) is 4.98 Å². The van der Waals surface area contributed by atoms with Gasteiger partial charge >= 0.3 is 0 Å². The van der Waals surface area contributed by atoms with E-state index in [0.717, 1.165) is 13.0 Å². The number of nitrogens with zero attached hydrogens (tertiary/aromatic N) is 4. The molecule has 20 heavy (non-hydrogen) atoms. The predicted molar refractivity (Wildman–Crippen MR) is 74.7 cm³/mol. The molecule has 1 aliphatic rings. The molecule has 1 saturated heterocycles. The fraction of sp³-hybridized carbons (Fsp3) is 0.583. The highest BCUT2D eigenvalue weighted by molar-refractivity contribution is 5.84. The van der Waals surface area contributed by atoms with Crippen molar-refractivity contribution in [2.24, 2.45) is 0 Å². The molecule has 0 spiro atoms. The molecule has 0 radical (unpaired) electrons. The number of anilines is 2. The summed E-state index contributed by atoms with van der Waals surface area (Å²) in [6, 6.07) is 0. The molecule has 0 aromatic carbocycles. The maximum absolute atomic E-state index is 9.69. The highest BCUT2D eigenvalue weighted by Crippen LogP contribution is 2.26. The Bertz CT molecular complexity index is 591. The summed E-state index contributed by atoms with van der Waals surface area (Å²) in [4.78, 5) is 17.8. The summed E-state index contributed by atoms with van der Waals surface area (Å²) < 4.78 is 0. The number of aromatic amines is 1. The second-order valence-corrected chi connectivity index (χ2v) is 4.94. The zero-order valence-corrected chi connectivity index (χ0v) is 11.2. The van der Waals surface area contributed by atoms with Gasteiger partial charge in [0, 0.05) is 19.6 Å². The van der Waals surface area contributed by atoms with Gasteiger partial charge < -0.3 is 25.4 Å². The van der Waals surface area contributed by atoms with Crippen LogP contribution in [0.25, 0.3) is 11.2 Å². The summed E-state index contributed by atoms with van der Waals surface area (Å²) in [5.74, 6) is 1.17. The Morgan fingerprint density at radius 3 is 2.80 bits per heavy atom. The highest BCUT2D eigenvalue weighted by atomic mass is 16.3. The Morgan fingerprint density at radius 2 is 2.10 bits per heavy atom. The largest absolute Gasteiger partial charge is 0.389 e. The Labute approximate surface area is 115 Å². The number of rotatable bonds is 4. The van der Waals surface area contributed by atoms with Crippen LogP contribution in [0.15, 0.2) is 6.33 Å². The van der Waals surface area contributed by atoms with Gasteiger partial charge in [0.2, 0.25) is 5.95 Å². The van der Waals surface area contributed by atoms with Crippen LogP contribution < -0.4 is 10.2 Å². The van der Waals surface area contributed by atoms with Crippen molar-refractivity contribution < 1.29 is 10.2 Å². The van der Waals surface area contributed by atoms with E-state index in [-0.39, 0.29) is 0 Å². The summed E-state index contributed by atoms with van der Waals surface area (Å²) in [7, 11) is 0. The molecule has 2 atom stereocenters. The minimum atomic E-state index is -0.755. The zero-order valence-electron chi connectivity index (χ0n) is 11.2. The average Bonchev–Trinajstić information content (AvgIpc) is 3.03. The van der Waals surface area contributed by atoms with Gasteiger partial charge in [-0.3, -0.25) is 0 Å². The van der Waals surface area contributed by atoms with Gasteiger partial charge in [-0.15, -0.1) is 0 Å². The molecule has 8 heteroatoms. The first-order chi connectivity index (χ1) is 9.69. The molecule has 3 heterocycles. The number of hydrogen-bond donors (Lipinski definition) is 4. The van der Waals surface area contributed by atoms with Gasteiger partial charge in [0.1, 0.15) is 5.52 Å². The van der Waals surface area contributed by atoms with Crippen LogP contribution in [0.1, 0.15) is 13.3 Å². The third-order valence-electron chi connectivity index (χ3n) is 3.36. The number of hydrogen-bond acceptors (Lipinski definition) is 7. The number of imidazole rings is 1. The normalized spacial score (nSPS) is 22.6. The fourth-order valence-electron chi connectivity index (χ4n) is 2.31. The van der Waals surface area contributed by atoms with Crippen molar-refractivity contribution in [2.75, 3.05) is 29.9 Å². The molecule has 0 aliphatic carbocycles. The number of aliphatic hydroxyl groups is 2. The Balaban J connectivity index is 1.97. The van der Waals surface area contributed by atoms with Gasteiger partial charge in [0.05, 0.1) is 18.5 Å². The van der Waals surface area contributed by atoms with Crippen LogP contribution in [0.2, 0.25) is 0 Å². The van der Waals surface area contributed by atoms with Crippen molar-refractivity contribution in [3.63, 3.8) is 0 Å². The molecule has 1 fully saturated rings. The molecule has 1 aliphatic heterocycles. The number of fused-ring (bicyclic) bond motifs is 1. The molecule has 108 valence electrons. The van der Waals surface area contributed by atoms with E-state index in [2.05, 4.69) is 32.2 Å². The minimum Gasteiger partial charge on any atom is -0.389 e. The van der Waals surface area contributed by atoms with Crippen LogP contribution >= 0.6 is 0 Å². The lowest BCUT2D eigenvalue weighted by Gasteiger charge is -2.17. The highest BCUT2D eigenvalue weighted by Gasteiger charge is 2.32. The lowest BCUT2D eigenvalue weighted by atomic mass is 10.3. The monoisotopic (exact) mass is 278 g/mol. The average molecular weight is 278 g/mol. The van der Waals surface area contributed by atoms with E-state index in [9.17, 15) is 10.2 Å². The third kappa shape index (κ3) is 2.27. The Hall–Kier alpha value is -1.93. The third-order valence-corrected chi connectivity index (χ3v) is 3.36. The first-order valence-electron chi connectivity index (χ1n) is 6.75. The zero-order chi connectivity index (χ0) is 14.1. The van der Waals surface area contributed by atoms with Gasteiger partial charge in [-0.2, -0.15) is 9.97 Å². The van der Waals surface area contributed by atoms with E-state index in [1.807, 2.05) is 4.90 Å². The fourth-order valence-corrected chi connectivity index (χ4v) is 2.31. The summed E-state index contributed by atoms with van der Waals surface area (Å²) >= 11 is 0. The molecular formula is C12H18N6O2. The standard InChI is InChI=1S/C12H18N6O2/c1-2-3-13-12-16-10-9(14-6-15-10)11(17-12)18-4-7(19)8(20)5-18/h6-8,19-20H,2-5H2,1H3,(H2,13,14,15,16,17). The molecule has 2 aromatic heterocycles. The first kappa shape index (κ1) is 13.1. The van der Waals surface area contributed by atoms with Crippen molar-refractivity contribution >= 4 is 22.9 Å². The van der Waals surface area contributed by atoms with Crippen molar-refractivity contribution in [1.29, 1.82) is 0 Å². The molecule has 8 nitrogen and oxygen atoms in total. The minimum absolute atomic E-state index is 0.347.